The molecule has 0 aromatic carbocycles. The predicted molar refractivity (Wildman–Crippen MR) is 66.5 cm³/mol. The molecule has 0 amide bonds. The highest BCUT2D eigenvalue weighted by molar-refractivity contribution is 6.31. The van der Waals surface area contributed by atoms with Gasteiger partial charge in [0.1, 0.15) is 0 Å². The van der Waals surface area contributed by atoms with E-state index < -0.39 is 0 Å². The lowest BCUT2D eigenvalue weighted by Crippen LogP contribution is -2.08. The van der Waals surface area contributed by atoms with Crippen LogP contribution in [0.3, 0.4) is 0 Å². The summed E-state index contributed by atoms with van der Waals surface area (Å²) in [7, 11) is 0. The number of halogens is 1. The third-order valence-corrected chi connectivity index (χ3v) is 3.44. The summed E-state index contributed by atoms with van der Waals surface area (Å²) in [6, 6.07) is 0. The van der Waals surface area contributed by atoms with Crippen LogP contribution >= 0.6 is 11.6 Å². The zero-order valence-electron chi connectivity index (χ0n) is 10.1. The molecule has 2 heteroatoms. The average Bonchev–Trinajstić information content (AvgIpc) is 3.02. The maximum Gasteiger partial charge on any atom is 0.0629 e. The van der Waals surface area contributed by atoms with Gasteiger partial charge in [0.25, 0.3) is 0 Å². The second-order valence-corrected chi connectivity index (χ2v) is 4.35. The summed E-state index contributed by atoms with van der Waals surface area (Å²) in [6.45, 7) is 8.34. The first-order valence-corrected chi connectivity index (χ1v) is 6.18. The van der Waals surface area contributed by atoms with Crippen LogP contribution in [0.5, 0.6) is 0 Å². The van der Waals surface area contributed by atoms with Crippen molar-refractivity contribution in [1.29, 1.82) is 0 Å². The molecule has 0 unspecified atom stereocenters. The molecule has 15 heavy (non-hydrogen) atoms. The van der Waals surface area contributed by atoms with E-state index in [0.29, 0.717) is 5.41 Å². The Morgan fingerprint density at radius 1 is 1.33 bits per heavy atom. The molecule has 0 spiro atoms. The van der Waals surface area contributed by atoms with Crippen molar-refractivity contribution in [2.45, 2.75) is 52.4 Å². The molecule has 1 aromatic heterocycles. The molecule has 0 radical (unpaired) electrons. The van der Waals surface area contributed by atoms with E-state index in [1.54, 1.807) is 6.20 Å². The van der Waals surface area contributed by atoms with Crippen molar-refractivity contribution in [3.8, 4) is 0 Å². The highest BCUT2D eigenvalue weighted by Gasteiger charge is 2.44. The van der Waals surface area contributed by atoms with E-state index in [1.165, 1.54) is 30.4 Å². The lowest BCUT2D eigenvalue weighted by molar-refractivity contribution is 0.658. The van der Waals surface area contributed by atoms with Crippen molar-refractivity contribution in [2.24, 2.45) is 0 Å². The molecule has 0 atom stereocenters. The second kappa shape index (κ2) is 4.98. The average molecular weight is 226 g/mol. The molecule has 1 saturated carbocycles. The summed E-state index contributed by atoms with van der Waals surface area (Å²) >= 11 is 6.17. The largest absolute Gasteiger partial charge is 0.263 e. The zero-order valence-corrected chi connectivity index (χ0v) is 10.9. The molecule has 1 aromatic rings. The number of hydrogen-bond donors (Lipinski definition) is 0. The van der Waals surface area contributed by atoms with Gasteiger partial charge in [-0.2, -0.15) is 0 Å². The van der Waals surface area contributed by atoms with Crippen LogP contribution in [0, 0.1) is 6.92 Å². The number of hydrogen-bond acceptors (Lipinski definition) is 1. The van der Waals surface area contributed by atoms with Gasteiger partial charge in [0.2, 0.25) is 0 Å². The highest BCUT2D eigenvalue weighted by atomic mass is 35.5. The van der Waals surface area contributed by atoms with Crippen molar-refractivity contribution in [2.75, 3.05) is 0 Å². The number of aryl methyl sites for hydroxylation is 1. The topological polar surface area (TPSA) is 12.9 Å². The Morgan fingerprint density at radius 3 is 2.33 bits per heavy atom. The maximum absolute atomic E-state index is 6.17. The SMILES string of the molecule is CC.CCC1(c2c(C)cncc2Cl)CC1. The monoisotopic (exact) mass is 225 g/mol. The minimum Gasteiger partial charge on any atom is -0.263 e. The number of rotatable bonds is 2. The van der Waals surface area contributed by atoms with Gasteiger partial charge in [0.15, 0.2) is 0 Å². The van der Waals surface area contributed by atoms with Crippen LogP contribution in [0.15, 0.2) is 12.4 Å². The molecule has 1 fully saturated rings. The molecule has 1 nitrogen and oxygen atoms in total. The van der Waals surface area contributed by atoms with Crippen LogP contribution in [0.25, 0.3) is 0 Å². The molecule has 1 heterocycles. The normalized spacial score (nSPS) is 16.6. The predicted octanol–water partition coefficient (Wildman–Crippen LogP) is 4.51. The van der Waals surface area contributed by atoms with E-state index in [1.807, 2.05) is 20.0 Å². The quantitative estimate of drug-likeness (QED) is 0.722. The Balaban J connectivity index is 0.000000531. The first-order valence-electron chi connectivity index (χ1n) is 5.80. The fraction of sp³-hybridized carbons (Fsp3) is 0.615. The van der Waals surface area contributed by atoms with Crippen molar-refractivity contribution >= 4 is 11.6 Å². The molecule has 1 aliphatic carbocycles. The molecule has 0 saturated heterocycles. The van der Waals surface area contributed by atoms with Gasteiger partial charge in [-0.05, 0) is 42.7 Å². The van der Waals surface area contributed by atoms with Gasteiger partial charge < -0.3 is 0 Å². The van der Waals surface area contributed by atoms with Gasteiger partial charge in [-0.1, -0.05) is 32.4 Å². The Hall–Kier alpha value is -0.560. The van der Waals surface area contributed by atoms with Crippen LogP contribution < -0.4 is 0 Å². The molecule has 0 N–H and O–H groups in total. The van der Waals surface area contributed by atoms with Crippen LogP contribution in [-0.2, 0) is 5.41 Å². The van der Waals surface area contributed by atoms with Crippen LogP contribution in [0.4, 0.5) is 0 Å². The Morgan fingerprint density at radius 2 is 1.93 bits per heavy atom. The lowest BCUT2D eigenvalue weighted by atomic mass is 9.91. The fourth-order valence-corrected chi connectivity index (χ4v) is 2.54. The van der Waals surface area contributed by atoms with Gasteiger partial charge >= 0.3 is 0 Å². The van der Waals surface area contributed by atoms with Crippen LogP contribution in [-0.4, -0.2) is 4.98 Å². The van der Waals surface area contributed by atoms with Crippen LogP contribution in [0.2, 0.25) is 5.02 Å². The summed E-state index contributed by atoms with van der Waals surface area (Å²) in [6.07, 6.45) is 7.44. The van der Waals surface area contributed by atoms with Crippen molar-refractivity contribution in [3.63, 3.8) is 0 Å². The minimum absolute atomic E-state index is 0.393. The third-order valence-electron chi connectivity index (χ3n) is 3.15. The number of aromatic nitrogens is 1. The molecule has 0 bridgehead atoms. The van der Waals surface area contributed by atoms with E-state index in [-0.39, 0.29) is 0 Å². The third kappa shape index (κ3) is 2.34. The Kier molecular flexibility index (Phi) is 4.15. The van der Waals surface area contributed by atoms with Crippen molar-refractivity contribution in [1.82, 2.24) is 4.98 Å². The van der Waals surface area contributed by atoms with Crippen molar-refractivity contribution < 1.29 is 0 Å². The summed E-state index contributed by atoms with van der Waals surface area (Å²) in [5, 5.41) is 0.847. The van der Waals surface area contributed by atoms with E-state index in [4.69, 9.17) is 11.6 Å². The molecule has 2 rings (SSSR count). The van der Waals surface area contributed by atoms with E-state index >= 15 is 0 Å². The molecular weight excluding hydrogens is 206 g/mol. The maximum atomic E-state index is 6.17. The number of nitrogens with zero attached hydrogens (tertiary/aromatic N) is 1. The van der Waals surface area contributed by atoms with Gasteiger partial charge in [-0.15, -0.1) is 0 Å². The zero-order chi connectivity index (χ0) is 11.5. The summed E-state index contributed by atoms with van der Waals surface area (Å²) in [5.41, 5.74) is 2.97. The summed E-state index contributed by atoms with van der Waals surface area (Å²) in [4.78, 5) is 4.09. The van der Waals surface area contributed by atoms with Crippen LogP contribution in [0.1, 0.15) is 51.2 Å². The molecule has 0 aliphatic heterocycles. The smallest absolute Gasteiger partial charge is 0.0629 e. The summed E-state index contributed by atoms with van der Waals surface area (Å²) < 4.78 is 0. The summed E-state index contributed by atoms with van der Waals surface area (Å²) in [5.74, 6) is 0. The van der Waals surface area contributed by atoms with E-state index in [9.17, 15) is 0 Å². The Bertz CT molecular complexity index is 309. The highest BCUT2D eigenvalue weighted by Crippen LogP contribution is 2.53. The van der Waals surface area contributed by atoms with Gasteiger partial charge in [-0.25, -0.2) is 0 Å². The minimum atomic E-state index is 0.393. The Labute approximate surface area is 97.9 Å². The second-order valence-electron chi connectivity index (χ2n) is 3.95. The first-order chi connectivity index (χ1) is 7.19. The van der Waals surface area contributed by atoms with Crippen molar-refractivity contribution in [3.05, 3.63) is 28.5 Å². The molecule has 84 valence electrons. The number of pyridine rings is 1. The molecular formula is C13H20ClN. The molecule has 1 aliphatic rings. The van der Waals surface area contributed by atoms with E-state index in [0.717, 1.165) is 5.02 Å². The van der Waals surface area contributed by atoms with Gasteiger partial charge in [-0.3, -0.25) is 4.98 Å². The lowest BCUT2D eigenvalue weighted by Gasteiger charge is -2.16. The standard InChI is InChI=1S/C11H14ClN.C2H6/c1-3-11(4-5-11)10-8(2)6-13-7-9(10)12;1-2/h6-7H,3-5H2,1-2H3;1-2H3. The van der Waals surface area contributed by atoms with Gasteiger partial charge in [0, 0.05) is 12.4 Å². The van der Waals surface area contributed by atoms with E-state index in [2.05, 4.69) is 18.8 Å². The van der Waals surface area contributed by atoms with Gasteiger partial charge in [0.05, 0.1) is 5.02 Å². The first kappa shape index (κ1) is 12.5. The fourth-order valence-electron chi connectivity index (χ4n) is 2.13.